The van der Waals surface area contributed by atoms with E-state index in [4.69, 9.17) is 5.73 Å². The number of fused-ring (bicyclic) bond motifs is 1. The van der Waals surface area contributed by atoms with Crippen molar-refractivity contribution in [1.29, 1.82) is 0 Å². The van der Waals surface area contributed by atoms with Gasteiger partial charge in [0, 0.05) is 31.7 Å². The van der Waals surface area contributed by atoms with Crippen LogP contribution in [-0.2, 0) is 6.54 Å². The summed E-state index contributed by atoms with van der Waals surface area (Å²) in [4.78, 5) is 38.5. The van der Waals surface area contributed by atoms with Gasteiger partial charge in [0.15, 0.2) is 0 Å². The summed E-state index contributed by atoms with van der Waals surface area (Å²) in [5, 5.41) is 17.3. The molecule has 1 aromatic carbocycles. The van der Waals surface area contributed by atoms with Gasteiger partial charge in [0.2, 0.25) is 5.95 Å². The maximum absolute atomic E-state index is 13.3. The van der Waals surface area contributed by atoms with Crippen molar-refractivity contribution in [1.82, 2.24) is 29.5 Å². The number of nitrogens with two attached hydrogens (primary N) is 1. The van der Waals surface area contributed by atoms with Gasteiger partial charge in [0.25, 0.3) is 11.5 Å². The van der Waals surface area contributed by atoms with Crippen LogP contribution in [0.5, 0.6) is 0 Å². The van der Waals surface area contributed by atoms with E-state index in [1.165, 1.54) is 10.9 Å². The second-order valence-corrected chi connectivity index (χ2v) is 8.90. The highest BCUT2D eigenvalue weighted by Gasteiger charge is 2.20. The Morgan fingerprint density at radius 2 is 1.89 bits per heavy atom. The van der Waals surface area contributed by atoms with Crippen molar-refractivity contribution in [2.75, 3.05) is 50.9 Å². The third-order valence-corrected chi connectivity index (χ3v) is 6.24. The highest BCUT2D eigenvalue weighted by molar-refractivity contribution is 5.94. The summed E-state index contributed by atoms with van der Waals surface area (Å²) in [5.41, 5.74) is 7.26. The van der Waals surface area contributed by atoms with Crippen LogP contribution in [0.2, 0.25) is 0 Å². The quantitative estimate of drug-likeness (QED) is 0.426. The van der Waals surface area contributed by atoms with Crippen molar-refractivity contribution >= 4 is 28.6 Å². The molecular formula is C24H32N8O3. The van der Waals surface area contributed by atoms with Gasteiger partial charge in [-0.3, -0.25) is 9.59 Å². The van der Waals surface area contributed by atoms with Crippen LogP contribution in [0.25, 0.3) is 10.9 Å². The number of aromatic nitrogens is 4. The Bertz CT molecular complexity index is 1240. The van der Waals surface area contributed by atoms with Gasteiger partial charge >= 0.3 is 0 Å². The van der Waals surface area contributed by atoms with E-state index in [1.807, 2.05) is 24.0 Å². The highest BCUT2D eigenvalue weighted by atomic mass is 16.3. The minimum absolute atomic E-state index is 0.0154. The number of piperazine rings is 1. The first-order chi connectivity index (χ1) is 16.9. The molecule has 0 radical (unpaired) electrons. The summed E-state index contributed by atoms with van der Waals surface area (Å²) < 4.78 is 1.33. The first-order valence-corrected chi connectivity index (χ1v) is 11.9. The minimum Gasteiger partial charge on any atom is -0.394 e. The minimum atomic E-state index is -0.365. The Labute approximate surface area is 203 Å². The molecule has 11 heteroatoms. The summed E-state index contributed by atoms with van der Waals surface area (Å²) in [6.07, 6.45) is 3.05. The van der Waals surface area contributed by atoms with E-state index in [2.05, 4.69) is 32.3 Å². The third kappa shape index (κ3) is 5.57. The molecule has 1 saturated heterocycles. The van der Waals surface area contributed by atoms with E-state index < -0.39 is 0 Å². The normalized spacial score (nSPS) is 15.3. The van der Waals surface area contributed by atoms with Crippen LogP contribution in [0.15, 0.2) is 35.3 Å². The molecule has 4 N–H and O–H groups in total. The van der Waals surface area contributed by atoms with Gasteiger partial charge in [-0.05, 0) is 31.2 Å². The van der Waals surface area contributed by atoms with Gasteiger partial charge in [0.1, 0.15) is 16.7 Å². The number of aliphatic hydroxyl groups is 1. The van der Waals surface area contributed by atoms with Gasteiger partial charge in [-0.25, -0.2) is 9.67 Å². The molecule has 0 bridgehead atoms. The van der Waals surface area contributed by atoms with Crippen LogP contribution < -0.4 is 16.6 Å². The number of rotatable bonds is 8. The van der Waals surface area contributed by atoms with Crippen LogP contribution in [0.4, 0.5) is 11.8 Å². The zero-order chi connectivity index (χ0) is 24.9. The van der Waals surface area contributed by atoms with E-state index in [9.17, 15) is 14.7 Å². The number of hydrogen-bond donors (Lipinski definition) is 3. The number of anilines is 2. The molecule has 0 unspecified atom stereocenters. The molecule has 1 fully saturated rings. The molecule has 1 aliphatic rings. The Kier molecular flexibility index (Phi) is 7.57. The number of carbonyl (C=O) groups is 1. The molecule has 1 atom stereocenters. The average Bonchev–Trinajstić information content (AvgIpc) is 2.85. The molecule has 35 heavy (non-hydrogen) atoms. The van der Waals surface area contributed by atoms with Crippen LogP contribution in [-0.4, -0.2) is 86.4 Å². The molecule has 0 aliphatic carbocycles. The van der Waals surface area contributed by atoms with Gasteiger partial charge in [-0.2, -0.15) is 10.1 Å². The maximum Gasteiger partial charge on any atom is 0.280 e. The predicted molar refractivity (Wildman–Crippen MR) is 134 cm³/mol. The zero-order valence-electron chi connectivity index (χ0n) is 20.1. The summed E-state index contributed by atoms with van der Waals surface area (Å²) in [7, 11) is 2.05. The van der Waals surface area contributed by atoms with Crippen molar-refractivity contribution in [2.24, 2.45) is 0 Å². The lowest BCUT2D eigenvalue weighted by Crippen LogP contribution is -2.47. The van der Waals surface area contributed by atoms with Gasteiger partial charge in [-0.15, -0.1) is 0 Å². The smallest absolute Gasteiger partial charge is 0.280 e. The largest absolute Gasteiger partial charge is 0.394 e. The second kappa shape index (κ2) is 10.8. The Morgan fingerprint density at radius 1 is 1.17 bits per heavy atom. The molecule has 3 aromatic rings. The van der Waals surface area contributed by atoms with Crippen molar-refractivity contribution < 1.29 is 9.90 Å². The first-order valence-electron chi connectivity index (χ1n) is 11.9. The van der Waals surface area contributed by atoms with Crippen molar-refractivity contribution in [2.45, 2.75) is 32.4 Å². The van der Waals surface area contributed by atoms with Crippen molar-refractivity contribution in [3.63, 3.8) is 0 Å². The Hall–Kier alpha value is -3.57. The SMILES string of the molecule is CCC[C@@H](CO)Nc1nc(N)nc2cnn(Cc3ccc(C(=O)N4CCN(C)CC4)cc3)c(=O)c12. The number of amides is 1. The van der Waals surface area contributed by atoms with E-state index >= 15 is 0 Å². The van der Waals surface area contributed by atoms with Crippen LogP contribution in [0.3, 0.4) is 0 Å². The zero-order valence-corrected chi connectivity index (χ0v) is 20.1. The number of hydrogen-bond acceptors (Lipinski definition) is 9. The van der Waals surface area contributed by atoms with Gasteiger partial charge < -0.3 is 26.0 Å². The molecule has 2 aromatic heterocycles. The highest BCUT2D eigenvalue weighted by Crippen LogP contribution is 2.19. The molecule has 1 aliphatic heterocycles. The van der Waals surface area contributed by atoms with Crippen molar-refractivity contribution in [3.8, 4) is 0 Å². The molecule has 3 heterocycles. The predicted octanol–water partition coefficient (Wildman–Crippen LogP) is 0.778. The van der Waals surface area contributed by atoms with Gasteiger partial charge in [-0.1, -0.05) is 25.5 Å². The lowest BCUT2D eigenvalue weighted by atomic mass is 10.1. The molecule has 0 spiro atoms. The summed E-state index contributed by atoms with van der Waals surface area (Å²) in [6.45, 7) is 5.29. The summed E-state index contributed by atoms with van der Waals surface area (Å²) in [6, 6.07) is 6.99. The monoisotopic (exact) mass is 480 g/mol. The van der Waals surface area contributed by atoms with Crippen LogP contribution in [0.1, 0.15) is 35.7 Å². The lowest BCUT2D eigenvalue weighted by Gasteiger charge is -2.32. The number of nitrogen functional groups attached to an aromatic ring is 1. The van der Waals surface area contributed by atoms with E-state index in [0.29, 0.717) is 30.6 Å². The number of likely N-dealkylation sites (N-methyl/N-ethyl adjacent to an activating group) is 1. The Balaban J connectivity index is 1.57. The average molecular weight is 481 g/mol. The van der Waals surface area contributed by atoms with E-state index in [1.54, 1.807) is 12.1 Å². The van der Waals surface area contributed by atoms with E-state index in [0.717, 1.165) is 25.1 Å². The lowest BCUT2D eigenvalue weighted by molar-refractivity contribution is 0.0664. The fourth-order valence-corrected chi connectivity index (χ4v) is 4.19. The number of nitrogens with one attached hydrogen (secondary N) is 1. The number of carbonyl (C=O) groups excluding carboxylic acids is 1. The molecule has 186 valence electrons. The van der Waals surface area contributed by atoms with Gasteiger partial charge in [0.05, 0.1) is 25.4 Å². The number of benzene rings is 1. The third-order valence-electron chi connectivity index (χ3n) is 6.24. The fraction of sp³-hybridized carbons (Fsp3) is 0.458. The number of aliphatic hydroxyl groups excluding tert-OH is 1. The van der Waals surface area contributed by atoms with Crippen LogP contribution >= 0.6 is 0 Å². The topological polar surface area (TPSA) is 142 Å². The summed E-state index contributed by atoms with van der Waals surface area (Å²) in [5.74, 6) is 0.323. The fourth-order valence-electron chi connectivity index (χ4n) is 4.19. The molecule has 11 nitrogen and oxygen atoms in total. The summed E-state index contributed by atoms with van der Waals surface area (Å²) >= 11 is 0. The molecule has 0 saturated carbocycles. The standard InChI is InChI=1S/C24H32N8O3/c1-3-4-18(15-33)27-21-20-19(28-24(25)29-21)13-26-32(23(20)35)14-16-5-7-17(8-6-16)22(34)31-11-9-30(2)10-12-31/h5-8,13,18,33H,3-4,9-12,14-15H2,1-2H3,(H3,25,27,28,29)/t18-/m0/s1. The van der Waals surface area contributed by atoms with Crippen LogP contribution in [0, 0.1) is 0 Å². The second-order valence-electron chi connectivity index (χ2n) is 8.90. The first kappa shape index (κ1) is 24.6. The van der Waals surface area contributed by atoms with E-state index in [-0.39, 0.29) is 47.8 Å². The molecular weight excluding hydrogens is 448 g/mol. The van der Waals surface area contributed by atoms with Crippen molar-refractivity contribution in [3.05, 3.63) is 51.9 Å². The maximum atomic E-state index is 13.3. The number of nitrogens with zero attached hydrogens (tertiary/aromatic N) is 6. The Morgan fingerprint density at radius 3 is 2.54 bits per heavy atom. The molecule has 4 rings (SSSR count). The molecule has 1 amide bonds.